The summed E-state index contributed by atoms with van der Waals surface area (Å²) in [4.78, 5) is -0.437. The molecule has 1 rings (SSSR count). The first-order valence-electron chi connectivity index (χ1n) is 4.97. The van der Waals surface area contributed by atoms with Crippen molar-refractivity contribution in [1.29, 1.82) is 0 Å². The zero-order valence-corrected chi connectivity index (χ0v) is 10.8. The number of allylic oxidation sites excluding steroid dienone is 2. The first-order chi connectivity index (χ1) is 6.94. The van der Waals surface area contributed by atoms with Gasteiger partial charge in [0.05, 0.1) is 0 Å². The maximum atomic E-state index is 5.76. The van der Waals surface area contributed by atoms with Crippen molar-refractivity contribution in [1.82, 2.24) is 0 Å². The van der Waals surface area contributed by atoms with Crippen molar-refractivity contribution >= 4 is 23.2 Å². The zero-order valence-electron chi connectivity index (χ0n) is 9.30. The minimum absolute atomic E-state index is 0.0245. The van der Waals surface area contributed by atoms with Crippen molar-refractivity contribution < 1.29 is 0 Å². The van der Waals surface area contributed by atoms with Crippen molar-refractivity contribution in [2.75, 3.05) is 0 Å². The third kappa shape index (κ3) is 3.25. The van der Waals surface area contributed by atoms with E-state index in [1.807, 2.05) is 24.3 Å². The summed E-state index contributed by atoms with van der Waals surface area (Å²) in [5.41, 5.74) is 2.43. The lowest BCUT2D eigenvalue weighted by Gasteiger charge is -2.27. The highest BCUT2D eigenvalue weighted by Gasteiger charge is 2.22. The molecular formula is C13H16Cl2. The second kappa shape index (κ2) is 5.05. The summed E-state index contributed by atoms with van der Waals surface area (Å²) in [5.74, 6) is 0. The van der Waals surface area contributed by atoms with Gasteiger partial charge in [0.15, 0.2) is 0 Å². The van der Waals surface area contributed by atoms with E-state index < -0.39 is 4.84 Å². The summed E-state index contributed by atoms with van der Waals surface area (Å²) in [6.45, 7) is 6.40. The van der Waals surface area contributed by atoms with Crippen LogP contribution in [-0.4, -0.2) is 4.84 Å². The molecule has 0 N–H and O–H groups in total. The molecule has 0 amide bonds. The molecule has 0 nitrogen and oxygen atoms in total. The van der Waals surface area contributed by atoms with Gasteiger partial charge >= 0.3 is 0 Å². The highest BCUT2D eigenvalue weighted by molar-refractivity contribution is 6.45. The molecule has 0 spiro atoms. The van der Waals surface area contributed by atoms with Gasteiger partial charge in [0.25, 0.3) is 0 Å². The molecule has 0 radical (unpaired) electrons. The van der Waals surface area contributed by atoms with E-state index in [2.05, 4.69) is 32.9 Å². The highest BCUT2D eigenvalue weighted by Crippen LogP contribution is 2.31. The van der Waals surface area contributed by atoms with Crippen LogP contribution in [0.2, 0.25) is 0 Å². The van der Waals surface area contributed by atoms with Crippen molar-refractivity contribution in [3.05, 3.63) is 47.5 Å². The molecule has 15 heavy (non-hydrogen) atoms. The van der Waals surface area contributed by atoms with Gasteiger partial charge in [0, 0.05) is 5.41 Å². The van der Waals surface area contributed by atoms with Crippen molar-refractivity contribution in [3.63, 3.8) is 0 Å². The van der Waals surface area contributed by atoms with Crippen LogP contribution in [0.4, 0.5) is 0 Å². The average Bonchev–Trinajstić information content (AvgIpc) is 2.18. The molecule has 1 aromatic carbocycles. The summed E-state index contributed by atoms with van der Waals surface area (Å²) in [5, 5.41) is 0. The topological polar surface area (TPSA) is 0 Å². The Labute approximate surface area is 102 Å². The molecule has 0 heterocycles. The van der Waals surface area contributed by atoms with Gasteiger partial charge in [0.2, 0.25) is 0 Å². The Balaban J connectivity index is 3.03. The first kappa shape index (κ1) is 12.6. The number of rotatable bonds is 3. The third-order valence-corrected chi connectivity index (χ3v) is 3.11. The zero-order chi connectivity index (χ0) is 11.5. The Bertz CT molecular complexity index is 337. The van der Waals surface area contributed by atoms with Crippen LogP contribution in [0.25, 0.3) is 0 Å². The number of alkyl halides is 2. The fourth-order valence-electron chi connectivity index (χ4n) is 1.48. The van der Waals surface area contributed by atoms with E-state index in [9.17, 15) is 0 Å². The minimum Gasteiger partial charge on any atom is -0.101 e. The van der Waals surface area contributed by atoms with E-state index in [0.717, 1.165) is 0 Å². The largest absolute Gasteiger partial charge is 0.126 e. The van der Waals surface area contributed by atoms with Crippen LogP contribution >= 0.6 is 23.2 Å². The molecule has 2 heteroatoms. The molecular weight excluding hydrogens is 227 g/mol. The molecule has 0 bridgehead atoms. The van der Waals surface area contributed by atoms with Gasteiger partial charge in [-0.15, -0.1) is 23.2 Å². The molecule has 0 unspecified atom stereocenters. The van der Waals surface area contributed by atoms with Crippen molar-refractivity contribution in [3.8, 4) is 0 Å². The van der Waals surface area contributed by atoms with E-state index in [-0.39, 0.29) is 5.41 Å². The normalized spacial score (nSPS) is 13.3. The number of halogens is 2. The van der Waals surface area contributed by atoms with E-state index >= 15 is 0 Å². The lowest BCUT2D eigenvalue weighted by molar-refractivity contribution is 0.622. The van der Waals surface area contributed by atoms with Crippen LogP contribution in [0.3, 0.4) is 0 Å². The van der Waals surface area contributed by atoms with Gasteiger partial charge in [-0.1, -0.05) is 55.8 Å². The first-order valence-corrected chi connectivity index (χ1v) is 5.84. The van der Waals surface area contributed by atoms with Gasteiger partial charge in [-0.3, -0.25) is 0 Å². The lowest BCUT2D eigenvalue weighted by atomic mass is 9.78. The minimum atomic E-state index is -0.437. The van der Waals surface area contributed by atoms with Gasteiger partial charge in [0.1, 0.15) is 4.84 Å². The molecule has 0 fully saturated rings. The molecule has 0 aliphatic carbocycles. The molecule has 0 aromatic heterocycles. The van der Waals surface area contributed by atoms with Crippen LogP contribution in [-0.2, 0) is 5.41 Å². The van der Waals surface area contributed by atoms with Crippen molar-refractivity contribution in [2.45, 2.75) is 31.0 Å². The summed E-state index contributed by atoms with van der Waals surface area (Å²) in [7, 11) is 0. The van der Waals surface area contributed by atoms with Crippen LogP contribution in [0.1, 0.15) is 26.3 Å². The standard InChI is InChI=1S/C13H16Cl2/c1-10(9-12(14)15)13(2,3)11-7-5-4-6-8-11/h4-9,12H,1-3H3. The number of benzene rings is 1. The quantitative estimate of drug-likeness (QED) is 0.532. The maximum absolute atomic E-state index is 5.76. The summed E-state index contributed by atoms with van der Waals surface area (Å²) >= 11 is 11.5. The Hall–Kier alpha value is -0.460. The third-order valence-electron chi connectivity index (χ3n) is 2.86. The second-order valence-electron chi connectivity index (χ2n) is 4.18. The monoisotopic (exact) mass is 242 g/mol. The van der Waals surface area contributed by atoms with Gasteiger partial charge < -0.3 is 0 Å². The fourth-order valence-corrected chi connectivity index (χ4v) is 1.86. The smallest absolute Gasteiger partial charge is 0.101 e. The predicted octanol–water partition coefficient (Wildman–Crippen LogP) is 4.71. The van der Waals surface area contributed by atoms with E-state index in [1.54, 1.807) is 0 Å². The molecule has 0 aliphatic rings. The lowest BCUT2D eigenvalue weighted by Crippen LogP contribution is -2.19. The average molecular weight is 243 g/mol. The molecule has 82 valence electrons. The van der Waals surface area contributed by atoms with Gasteiger partial charge in [-0.05, 0) is 12.5 Å². The SMILES string of the molecule is CC(=CC(Cl)Cl)C(C)(C)c1ccccc1. The second-order valence-corrected chi connectivity index (χ2v) is 5.34. The Morgan fingerprint density at radius 3 is 2.20 bits per heavy atom. The Morgan fingerprint density at radius 1 is 1.20 bits per heavy atom. The van der Waals surface area contributed by atoms with Crippen LogP contribution in [0, 0.1) is 0 Å². The van der Waals surface area contributed by atoms with Crippen LogP contribution in [0.15, 0.2) is 42.0 Å². The Morgan fingerprint density at radius 2 is 1.73 bits per heavy atom. The van der Waals surface area contributed by atoms with Crippen LogP contribution in [0.5, 0.6) is 0 Å². The molecule has 1 aromatic rings. The predicted molar refractivity (Wildman–Crippen MR) is 68.7 cm³/mol. The maximum Gasteiger partial charge on any atom is 0.126 e. The van der Waals surface area contributed by atoms with E-state index in [4.69, 9.17) is 23.2 Å². The molecule has 0 saturated carbocycles. The van der Waals surface area contributed by atoms with E-state index in [1.165, 1.54) is 11.1 Å². The van der Waals surface area contributed by atoms with Crippen molar-refractivity contribution in [2.24, 2.45) is 0 Å². The molecule has 0 atom stereocenters. The highest BCUT2D eigenvalue weighted by atomic mass is 35.5. The summed E-state index contributed by atoms with van der Waals surface area (Å²) in [6, 6.07) is 10.3. The fraction of sp³-hybridized carbons (Fsp3) is 0.385. The molecule has 0 saturated heterocycles. The van der Waals surface area contributed by atoms with E-state index in [0.29, 0.717) is 0 Å². The number of hydrogen-bond acceptors (Lipinski definition) is 0. The van der Waals surface area contributed by atoms with Gasteiger partial charge in [-0.2, -0.15) is 0 Å². The summed E-state index contributed by atoms with van der Waals surface area (Å²) < 4.78 is 0. The Kier molecular flexibility index (Phi) is 4.24. The summed E-state index contributed by atoms with van der Waals surface area (Å²) in [6.07, 6.45) is 1.89. The molecule has 0 aliphatic heterocycles. The van der Waals surface area contributed by atoms with Gasteiger partial charge in [-0.25, -0.2) is 0 Å². The van der Waals surface area contributed by atoms with Crippen LogP contribution < -0.4 is 0 Å². The number of hydrogen-bond donors (Lipinski definition) is 0.